The van der Waals surface area contributed by atoms with Crippen molar-refractivity contribution in [2.75, 3.05) is 0 Å². The van der Waals surface area contributed by atoms with Crippen LogP contribution in [0, 0.1) is 23.0 Å². The van der Waals surface area contributed by atoms with Crippen LogP contribution < -0.4 is 0 Å². The maximum atomic E-state index is 12.9. The predicted molar refractivity (Wildman–Crippen MR) is 81.9 cm³/mol. The number of aromatic nitrogens is 2. The number of nitro groups is 1. The molecule has 0 amide bonds. The van der Waals surface area contributed by atoms with Crippen LogP contribution in [0.2, 0.25) is 5.02 Å². The summed E-state index contributed by atoms with van der Waals surface area (Å²) in [6, 6.07) is 3.67. The third kappa shape index (κ3) is 3.05. The summed E-state index contributed by atoms with van der Waals surface area (Å²) in [4.78, 5) is 39.9. The van der Waals surface area contributed by atoms with Gasteiger partial charge in [-0.3, -0.25) is 19.7 Å². The van der Waals surface area contributed by atoms with Crippen LogP contribution in [0.3, 0.4) is 0 Å². The maximum Gasteiger partial charge on any atom is 0.281 e. The van der Waals surface area contributed by atoms with Gasteiger partial charge in [-0.1, -0.05) is 16.8 Å². The summed E-state index contributed by atoms with van der Waals surface area (Å²) in [5.74, 6) is -2.54. The van der Waals surface area contributed by atoms with Gasteiger partial charge in [0.05, 0.1) is 10.5 Å². The molecule has 24 heavy (non-hydrogen) atoms. The Kier molecular flexibility index (Phi) is 4.15. The minimum absolute atomic E-state index is 0.122. The van der Waals surface area contributed by atoms with Crippen LogP contribution in [-0.2, 0) is 4.79 Å². The van der Waals surface area contributed by atoms with Gasteiger partial charge < -0.3 is 4.52 Å². The van der Waals surface area contributed by atoms with E-state index in [1.54, 1.807) is 6.92 Å². The second-order valence-corrected chi connectivity index (χ2v) is 6.01. The van der Waals surface area contributed by atoms with Crippen molar-refractivity contribution in [3.05, 3.63) is 50.6 Å². The molecule has 0 spiro atoms. The molecule has 0 N–H and O–H groups in total. The SMILES string of the molecule is Cc1noc(C(C(=O)c2ccc(Cl)cc2[N+](=O)[O-])C(=O)C2CC2)n1. The van der Waals surface area contributed by atoms with E-state index >= 15 is 0 Å². The van der Waals surface area contributed by atoms with Gasteiger partial charge in [0.2, 0.25) is 5.89 Å². The molecule has 1 aromatic heterocycles. The number of halogens is 1. The van der Waals surface area contributed by atoms with Gasteiger partial charge in [0, 0.05) is 17.0 Å². The number of carbonyl (C=O) groups is 2. The Balaban J connectivity index is 2.06. The summed E-state index contributed by atoms with van der Waals surface area (Å²) in [5, 5.41) is 14.9. The lowest BCUT2D eigenvalue weighted by Crippen LogP contribution is -2.24. The number of ketones is 2. The third-order valence-electron chi connectivity index (χ3n) is 3.74. The molecule has 1 aliphatic carbocycles. The molecule has 0 aliphatic heterocycles. The first-order chi connectivity index (χ1) is 11.4. The van der Waals surface area contributed by atoms with Gasteiger partial charge in [-0.2, -0.15) is 4.98 Å². The summed E-state index contributed by atoms with van der Waals surface area (Å²) in [7, 11) is 0. The Morgan fingerprint density at radius 3 is 2.67 bits per heavy atom. The van der Waals surface area contributed by atoms with E-state index in [1.165, 1.54) is 12.1 Å². The normalized spacial score (nSPS) is 15.1. The number of aryl methyl sites for hydroxylation is 1. The van der Waals surface area contributed by atoms with Crippen LogP contribution in [0.15, 0.2) is 22.7 Å². The fourth-order valence-electron chi connectivity index (χ4n) is 2.42. The van der Waals surface area contributed by atoms with Crippen molar-refractivity contribution in [2.45, 2.75) is 25.7 Å². The molecule has 1 fully saturated rings. The standard InChI is InChI=1S/C15H12ClN3O5/c1-7-17-15(24-18-7)12(13(20)8-2-3-8)14(21)10-5-4-9(16)6-11(10)19(22)23/h4-6,8,12H,2-3H2,1H3. The predicted octanol–water partition coefficient (Wildman–Crippen LogP) is 2.89. The number of rotatable bonds is 6. The summed E-state index contributed by atoms with van der Waals surface area (Å²) in [6.07, 6.45) is 1.36. The Labute approximate surface area is 141 Å². The smallest absolute Gasteiger partial charge is 0.281 e. The largest absolute Gasteiger partial charge is 0.338 e. The second kappa shape index (κ2) is 6.12. The molecule has 0 saturated heterocycles. The Morgan fingerprint density at radius 1 is 1.42 bits per heavy atom. The summed E-state index contributed by atoms with van der Waals surface area (Å²) >= 11 is 5.76. The fraction of sp³-hybridized carbons (Fsp3) is 0.333. The van der Waals surface area contributed by atoms with Crippen molar-refractivity contribution in [3.8, 4) is 0 Å². The lowest BCUT2D eigenvalue weighted by molar-refractivity contribution is -0.385. The zero-order valence-corrected chi connectivity index (χ0v) is 13.3. The van der Waals surface area contributed by atoms with E-state index in [-0.39, 0.29) is 34.0 Å². The molecule has 0 bridgehead atoms. The van der Waals surface area contributed by atoms with Crippen molar-refractivity contribution in [1.82, 2.24) is 10.1 Å². The number of hydrogen-bond donors (Lipinski definition) is 0. The van der Waals surface area contributed by atoms with Crippen LogP contribution in [-0.4, -0.2) is 26.6 Å². The minimum atomic E-state index is -1.33. The number of Topliss-reactive ketones (excluding diaryl/α,β-unsaturated/α-hetero) is 2. The summed E-state index contributed by atoms with van der Waals surface area (Å²) in [5.41, 5.74) is -0.670. The highest BCUT2D eigenvalue weighted by molar-refractivity contribution is 6.31. The number of nitro benzene ring substituents is 1. The first kappa shape index (κ1) is 16.3. The molecule has 124 valence electrons. The third-order valence-corrected chi connectivity index (χ3v) is 3.97. The molecule has 1 aliphatic rings. The molecule has 2 aromatic rings. The fourth-order valence-corrected chi connectivity index (χ4v) is 2.58. The average molecular weight is 350 g/mol. The van der Waals surface area contributed by atoms with Gasteiger partial charge in [0.15, 0.2) is 23.3 Å². The topological polar surface area (TPSA) is 116 Å². The molecular formula is C15H12ClN3O5. The number of hydrogen-bond acceptors (Lipinski definition) is 7. The molecule has 3 rings (SSSR count). The highest BCUT2D eigenvalue weighted by Crippen LogP contribution is 2.38. The van der Waals surface area contributed by atoms with E-state index in [9.17, 15) is 19.7 Å². The van der Waals surface area contributed by atoms with Gasteiger partial charge in [0.25, 0.3) is 5.69 Å². The van der Waals surface area contributed by atoms with Gasteiger partial charge in [0.1, 0.15) is 0 Å². The highest BCUT2D eigenvalue weighted by Gasteiger charge is 2.43. The monoisotopic (exact) mass is 349 g/mol. The first-order valence-electron chi connectivity index (χ1n) is 7.20. The van der Waals surface area contributed by atoms with Crippen LogP contribution in [0.1, 0.15) is 40.8 Å². The van der Waals surface area contributed by atoms with Gasteiger partial charge in [-0.25, -0.2) is 0 Å². The number of nitrogens with zero attached hydrogens (tertiary/aromatic N) is 3. The van der Waals surface area contributed by atoms with Gasteiger partial charge in [-0.15, -0.1) is 0 Å². The molecular weight excluding hydrogens is 338 g/mol. The highest BCUT2D eigenvalue weighted by atomic mass is 35.5. The van der Waals surface area contributed by atoms with Crippen molar-refractivity contribution in [1.29, 1.82) is 0 Å². The summed E-state index contributed by atoms with van der Waals surface area (Å²) < 4.78 is 4.99. The van der Waals surface area contributed by atoms with E-state index < -0.39 is 22.3 Å². The van der Waals surface area contributed by atoms with E-state index in [4.69, 9.17) is 16.1 Å². The first-order valence-corrected chi connectivity index (χ1v) is 7.58. The Morgan fingerprint density at radius 2 is 2.12 bits per heavy atom. The Hall–Kier alpha value is -2.61. The Bertz CT molecular complexity index is 843. The molecule has 8 nitrogen and oxygen atoms in total. The van der Waals surface area contributed by atoms with Gasteiger partial charge in [-0.05, 0) is 31.9 Å². The second-order valence-electron chi connectivity index (χ2n) is 5.57. The zero-order chi connectivity index (χ0) is 17.4. The van der Waals surface area contributed by atoms with Crippen LogP contribution >= 0.6 is 11.6 Å². The molecule has 0 radical (unpaired) electrons. The van der Waals surface area contributed by atoms with E-state index in [0.717, 1.165) is 6.07 Å². The molecule has 1 saturated carbocycles. The maximum absolute atomic E-state index is 12.9. The lowest BCUT2D eigenvalue weighted by Gasteiger charge is -2.11. The minimum Gasteiger partial charge on any atom is -0.338 e. The molecule has 1 atom stereocenters. The van der Waals surface area contributed by atoms with Gasteiger partial charge >= 0.3 is 0 Å². The van der Waals surface area contributed by atoms with E-state index in [0.29, 0.717) is 12.8 Å². The van der Waals surface area contributed by atoms with E-state index in [1.807, 2.05) is 0 Å². The lowest BCUT2D eigenvalue weighted by atomic mass is 9.90. The van der Waals surface area contributed by atoms with Crippen molar-refractivity contribution >= 4 is 28.9 Å². The number of benzene rings is 1. The zero-order valence-electron chi connectivity index (χ0n) is 12.6. The van der Waals surface area contributed by atoms with Crippen LogP contribution in [0.25, 0.3) is 0 Å². The summed E-state index contributed by atoms with van der Waals surface area (Å²) in [6.45, 7) is 1.56. The molecule has 1 unspecified atom stereocenters. The average Bonchev–Trinajstić information content (AvgIpc) is 3.30. The van der Waals surface area contributed by atoms with Crippen LogP contribution in [0.5, 0.6) is 0 Å². The van der Waals surface area contributed by atoms with Crippen molar-refractivity contribution < 1.29 is 19.0 Å². The van der Waals surface area contributed by atoms with Crippen molar-refractivity contribution in [2.24, 2.45) is 5.92 Å². The quantitative estimate of drug-likeness (QED) is 0.340. The number of carbonyl (C=O) groups excluding carboxylic acids is 2. The van der Waals surface area contributed by atoms with Crippen LogP contribution in [0.4, 0.5) is 5.69 Å². The van der Waals surface area contributed by atoms with E-state index in [2.05, 4.69) is 10.1 Å². The van der Waals surface area contributed by atoms with Crippen molar-refractivity contribution in [3.63, 3.8) is 0 Å². The molecule has 1 heterocycles. The molecule has 9 heteroatoms. The molecule has 1 aromatic carbocycles.